The molecule has 1 aromatic rings. The molecule has 15 heavy (non-hydrogen) atoms. The number of carbonyl (C=O) groups is 1. The molecule has 1 unspecified atom stereocenters. The second-order valence-corrected chi connectivity index (χ2v) is 3.51. The Balaban J connectivity index is 2.40. The molecule has 0 saturated carbocycles. The van der Waals surface area contributed by atoms with Crippen molar-refractivity contribution in [1.82, 2.24) is 15.0 Å². The highest BCUT2D eigenvalue weighted by Crippen LogP contribution is 2.25. The minimum absolute atomic E-state index is 0.246. The Morgan fingerprint density at radius 3 is 2.80 bits per heavy atom. The van der Waals surface area contributed by atoms with Crippen LogP contribution in [0.5, 0.6) is 0 Å². The molecule has 0 aromatic carbocycles. The summed E-state index contributed by atoms with van der Waals surface area (Å²) in [5.74, 6) is -0.694. The van der Waals surface area contributed by atoms with Gasteiger partial charge in [0.1, 0.15) is 0 Å². The molecule has 0 aliphatic heterocycles. The Hall–Kier alpha value is -1.91. The monoisotopic (exact) mass is 205 g/mol. The second kappa shape index (κ2) is 3.68. The minimum Gasteiger partial charge on any atom is -0.478 e. The van der Waals surface area contributed by atoms with Crippen molar-refractivity contribution in [3.63, 3.8) is 0 Å². The van der Waals surface area contributed by atoms with Crippen molar-refractivity contribution >= 4 is 11.7 Å². The van der Waals surface area contributed by atoms with Gasteiger partial charge >= 0.3 is 5.97 Å². The van der Waals surface area contributed by atoms with Gasteiger partial charge in [0.25, 0.3) is 0 Å². The first-order valence-corrected chi connectivity index (χ1v) is 4.71. The third-order valence-electron chi connectivity index (χ3n) is 2.27. The predicted molar refractivity (Wildman–Crippen MR) is 53.8 cm³/mol. The van der Waals surface area contributed by atoms with Crippen LogP contribution in [0.1, 0.15) is 13.3 Å². The molecule has 0 radical (unpaired) electrons. The third-order valence-corrected chi connectivity index (χ3v) is 2.27. The minimum atomic E-state index is -0.940. The number of hydrogen-bond donors (Lipinski definition) is 1. The number of rotatable bonds is 2. The Morgan fingerprint density at radius 1 is 1.53 bits per heavy atom. The molecule has 1 heterocycles. The van der Waals surface area contributed by atoms with Gasteiger partial charge in [0.2, 0.25) is 0 Å². The fraction of sp³-hybridized carbons (Fsp3) is 0.300. The average Bonchev–Trinajstić information content (AvgIpc) is 2.70. The van der Waals surface area contributed by atoms with Crippen molar-refractivity contribution in [3.8, 4) is 0 Å². The van der Waals surface area contributed by atoms with E-state index in [1.165, 1.54) is 17.2 Å². The van der Waals surface area contributed by atoms with Gasteiger partial charge in [0.05, 0.1) is 23.7 Å². The summed E-state index contributed by atoms with van der Waals surface area (Å²) in [7, 11) is 0. The van der Waals surface area contributed by atoms with Crippen LogP contribution in [0.3, 0.4) is 0 Å². The van der Waals surface area contributed by atoms with Gasteiger partial charge < -0.3 is 5.11 Å². The van der Waals surface area contributed by atoms with E-state index < -0.39 is 5.97 Å². The fourth-order valence-electron chi connectivity index (χ4n) is 1.56. The Bertz CT molecular complexity index is 432. The Morgan fingerprint density at radius 2 is 2.20 bits per heavy atom. The molecular formula is C10H11N3O2. The van der Waals surface area contributed by atoms with Gasteiger partial charge in [-0.15, -0.1) is 0 Å². The molecule has 5 nitrogen and oxygen atoms in total. The number of aromatic nitrogens is 3. The van der Waals surface area contributed by atoms with Gasteiger partial charge in [-0.3, -0.25) is 0 Å². The highest BCUT2D eigenvalue weighted by molar-refractivity contribution is 6.01. The molecule has 0 amide bonds. The maximum Gasteiger partial charge on any atom is 0.337 e. The van der Waals surface area contributed by atoms with Crippen LogP contribution in [-0.4, -0.2) is 26.1 Å². The molecule has 2 rings (SSSR count). The largest absolute Gasteiger partial charge is 0.478 e. The van der Waals surface area contributed by atoms with Crippen LogP contribution in [0.25, 0.3) is 5.70 Å². The van der Waals surface area contributed by atoms with Gasteiger partial charge in [-0.25, -0.2) is 4.79 Å². The summed E-state index contributed by atoms with van der Waals surface area (Å²) >= 11 is 0. The van der Waals surface area contributed by atoms with E-state index in [0.717, 1.165) is 6.42 Å². The average molecular weight is 205 g/mol. The first-order chi connectivity index (χ1) is 7.18. The van der Waals surface area contributed by atoms with E-state index in [4.69, 9.17) is 5.11 Å². The van der Waals surface area contributed by atoms with Crippen LogP contribution in [0.15, 0.2) is 30.1 Å². The topological polar surface area (TPSA) is 68.0 Å². The van der Waals surface area contributed by atoms with Crippen LogP contribution in [-0.2, 0) is 4.79 Å². The summed E-state index contributed by atoms with van der Waals surface area (Å²) in [6.45, 7) is 1.98. The highest BCUT2D eigenvalue weighted by Gasteiger charge is 2.20. The number of allylic oxidation sites excluding steroid dienone is 2. The zero-order valence-corrected chi connectivity index (χ0v) is 8.29. The van der Waals surface area contributed by atoms with E-state index in [9.17, 15) is 4.79 Å². The van der Waals surface area contributed by atoms with E-state index in [-0.39, 0.29) is 11.5 Å². The van der Waals surface area contributed by atoms with Gasteiger partial charge in [0, 0.05) is 0 Å². The molecule has 0 saturated heterocycles. The summed E-state index contributed by atoms with van der Waals surface area (Å²) in [5.41, 5.74) is 0.815. The van der Waals surface area contributed by atoms with E-state index in [0.29, 0.717) is 5.70 Å². The quantitative estimate of drug-likeness (QED) is 0.786. The van der Waals surface area contributed by atoms with Gasteiger partial charge in [-0.05, 0) is 12.3 Å². The Labute approximate surface area is 86.7 Å². The number of carboxylic acid groups (broad SMARTS) is 1. The highest BCUT2D eigenvalue weighted by atomic mass is 16.4. The van der Waals surface area contributed by atoms with E-state index >= 15 is 0 Å². The summed E-state index contributed by atoms with van der Waals surface area (Å²) in [6, 6.07) is 0. The van der Waals surface area contributed by atoms with Crippen molar-refractivity contribution in [1.29, 1.82) is 0 Å². The first kappa shape index (κ1) is 9.64. The van der Waals surface area contributed by atoms with Crippen LogP contribution < -0.4 is 0 Å². The summed E-state index contributed by atoms with van der Waals surface area (Å²) < 4.78 is 0. The summed E-state index contributed by atoms with van der Waals surface area (Å²) in [4.78, 5) is 12.4. The second-order valence-electron chi connectivity index (χ2n) is 3.51. The molecule has 1 aliphatic carbocycles. The molecule has 1 atom stereocenters. The van der Waals surface area contributed by atoms with Gasteiger partial charge in [-0.2, -0.15) is 15.0 Å². The van der Waals surface area contributed by atoms with Crippen molar-refractivity contribution in [2.24, 2.45) is 5.92 Å². The normalized spacial score (nSPS) is 20.7. The molecule has 0 bridgehead atoms. The van der Waals surface area contributed by atoms with E-state index in [1.54, 1.807) is 6.08 Å². The van der Waals surface area contributed by atoms with Crippen molar-refractivity contribution in [2.45, 2.75) is 13.3 Å². The summed E-state index contributed by atoms with van der Waals surface area (Å²) in [5, 5.41) is 16.9. The van der Waals surface area contributed by atoms with Crippen LogP contribution >= 0.6 is 0 Å². The zero-order valence-electron chi connectivity index (χ0n) is 8.29. The molecule has 1 N–H and O–H groups in total. The van der Waals surface area contributed by atoms with Crippen molar-refractivity contribution in [2.75, 3.05) is 0 Å². The zero-order chi connectivity index (χ0) is 10.8. The smallest absolute Gasteiger partial charge is 0.337 e. The molecular weight excluding hydrogens is 194 g/mol. The van der Waals surface area contributed by atoms with Gasteiger partial charge in [0.15, 0.2) is 0 Å². The summed E-state index contributed by atoms with van der Waals surface area (Å²) in [6.07, 6.45) is 7.46. The molecule has 5 heteroatoms. The Kier molecular flexibility index (Phi) is 2.37. The van der Waals surface area contributed by atoms with Crippen LogP contribution in [0.2, 0.25) is 0 Å². The maximum atomic E-state index is 11.0. The molecule has 1 aliphatic rings. The number of nitrogens with zero attached hydrogens (tertiary/aromatic N) is 3. The third kappa shape index (κ3) is 1.81. The van der Waals surface area contributed by atoms with Crippen LogP contribution in [0.4, 0.5) is 0 Å². The van der Waals surface area contributed by atoms with E-state index in [2.05, 4.69) is 10.2 Å². The molecule has 0 spiro atoms. The lowest BCUT2D eigenvalue weighted by molar-refractivity contribution is -0.132. The molecule has 1 aromatic heterocycles. The molecule has 78 valence electrons. The number of hydrogen-bond acceptors (Lipinski definition) is 3. The number of carboxylic acids is 1. The lowest BCUT2D eigenvalue weighted by Gasteiger charge is -2.15. The van der Waals surface area contributed by atoms with Crippen molar-refractivity contribution < 1.29 is 9.90 Å². The van der Waals surface area contributed by atoms with E-state index in [1.807, 2.05) is 13.0 Å². The lowest BCUT2D eigenvalue weighted by atomic mass is 9.95. The predicted octanol–water partition coefficient (Wildman–Crippen LogP) is 1.17. The van der Waals surface area contributed by atoms with Gasteiger partial charge in [-0.1, -0.05) is 19.1 Å². The maximum absolute atomic E-state index is 11.0. The van der Waals surface area contributed by atoms with Crippen LogP contribution in [0, 0.1) is 5.92 Å². The standard InChI is InChI=1S/C10H11N3O2/c1-7-2-3-9(8(6-7)10(14)15)13-11-4-5-12-13/h3-7H,2H2,1H3,(H,14,15). The SMILES string of the molecule is CC1C=C(C(=O)O)C(n2nccn2)=CC1. The van der Waals surface area contributed by atoms with Crippen molar-refractivity contribution in [3.05, 3.63) is 30.1 Å². The lowest BCUT2D eigenvalue weighted by Crippen LogP contribution is -2.15. The first-order valence-electron chi connectivity index (χ1n) is 4.71. The molecule has 0 fully saturated rings. The number of aliphatic carboxylic acids is 1. The fourth-order valence-corrected chi connectivity index (χ4v) is 1.56.